The highest BCUT2D eigenvalue weighted by molar-refractivity contribution is 9.10. The van der Waals surface area contributed by atoms with E-state index in [-0.39, 0.29) is 17.0 Å². The Morgan fingerprint density at radius 1 is 1.17 bits per heavy atom. The largest absolute Gasteiger partial charge is 0.495 e. The molecule has 0 aromatic heterocycles. The second-order valence-electron chi connectivity index (χ2n) is 4.59. The molecule has 2 aromatic carbocycles. The Labute approximate surface area is 146 Å². The molecule has 0 atom stereocenters. The van der Waals surface area contributed by atoms with Crippen molar-refractivity contribution in [3.8, 4) is 5.75 Å². The fourth-order valence-electron chi connectivity index (χ4n) is 1.91. The SMILES string of the molecule is COC(=O)c1ccc(NS(=O)(=O)c2ccc(Br)cc2F)c(OC)c1. The maximum absolute atomic E-state index is 13.9. The van der Waals surface area contributed by atoms with Crippen LogP contribution in [0.3, 0.4) is 0 Å². The van der Waals surface area contributed by atoms with Crippen molar-refractivity contribution in [3.05, 3.63) is 52.3 Å². The molecule has 1 N–H and O–H groups in total. The van der Waals surface area contributed by atoms with Gasteiger partial charge in [-0.1, -0.05) is 15.9 Å². The van der Waals surface area contributed by atoms with Gasteiger partial charge in [-0.15, -0.1) is 0 Å². The second-order valence-corrected chi connectivity index (χ2v) is 7.15. The molecule has 2 rings (SSSR count). The lowest BCUT2D eigenvalue weighted by atomic mass is 10.2. The van der Waals surface area contributed by atoms with E-state index in [9.17, 15) is 17.6 Å². The first-order valence-electron chi connectivity index (χ1n) is 6.52. The molecule has 0 saturated heterocycles. The maximum Gasteiger partial charge on any atom is 0.337 e. The summed E-state index contributed by atoms with van der Waals surface area (Å²) in [5.74, 6) is -1.40. The number of sulfonamides is 1. The summed E-state index contributed by atoms with van der Waals surface area (Å²) in [7, 11) is -1.64. The van der Waals surface area contributed by atoms with Crippen molar-refractivity contribution in [2.24, 2.45) is 0 Å². The summed E-state index contributed by atoms with van der Waals surface area (Å²) in [5.41, 5.74) is 0.250. The predicted molar refractivity (Wildman–Crippen MR) is 89.2 cm³/mol. The molecule has 9 heteroatoms. The van der Waals surface area contributed by atoms with Crippen LogP contribution >= 0.6 is 15.9 Å². The van der Waals surface area contributed by atoms with Gasteiger partial charge < -0.3 is 9.47 Å². The first-order valence-corrected chi connectivity index (χ1v) is 8.80. The minimum Gasteiger partial charge on any atom is -0.495 e. The molecular weight excluding hydrogens is 405 g/mol. The van der Waals surface area contributed by atoms with E-state index < -0.39 is 26.7 Å². The van der Waals surface area contributed by atoms with Crippen LogP contribution in [0.4, 0.5) is 10.1 Å². The van der Waals surface area contributed by atoms with Crippen LogP contribution in [0.25, 0.3) is 0 Å². The van der Waals surface area contributed by atoms with E-state index in [1.165, 1.54) is 38.5 Å². The minimum atomic E-state index is -4.17. The third kappa shape index (κ3) is 3.85. The molecule has 0 unspecified atom stereocenters. The fraction of sp³-hybridized carbons (Fsp3) is 0.133. The van der Waals surface area contributed by atoms with Crippen LogP contribution in [0, 0.1) is 5.82 Å². The van der Waals surface area contributed by atoms with Crippen molar-refractivity contribution < 1.29 is 27.1 Å². The lowest BCUT2D eigenvalue weighted by molar-refractivity contribution is 0.0600. The minimum absolute atomic E-state index is 0.0625. The third-order valence-corrected chi connectivity index (χ3v) is 4.94. The molecule has 0 bridgehead atoms. The molecule has 0 aliphatic carbocycles. The van der Waals surface area contributed by atoms with Gasteiger partial charge in [0.05, 0.1) is 25.5 Å². The number of halogens is 2. The molecule has 0 amide bonds. The third-order valence-electron chi connectivity index (χ3n) is 3.05. The van der Waals surface area contributed by atoms with Gasteiger partial charge in [-0.25, -0.2) is 17.6 Å². The van der Waals surface area contributed by atoms with Crippen molar-refractivity contribution in [1.82, 2.24) is 0 Å². The Bertz CT molecular complexity index is 885. The highest BCUT2D eigenvalue weighted by Gasteiger charge is 2.21. The highest BCUT2D eigenvalue weighted by atomic mass is 79.9. The van der Waals surface area contributed by atoms with Crippen LogP contribution in [0.15, 0.2) is 45.8 Å². The van der Waals surface area contributed by atoms with Gasteiger partial charge in [-0.3, -0.25) is 4.72 Å². The number of benzene rings is 2. The van der Waals surface area contributed by atoms with Crippen LogP contribution in [-0.2, 0) is 14.8 Å². The number of hydrogen-bond acceptors (Lipinski definition) is 5. The van der Waals surface area contributed by atoms with Crippen molar-refractivity contribution in [2.75, 3.05) is 18.9 Å². The van der Waals surface area contributed by atoms with Crippen molar-refractivity contribution in [1.29, 1.82) is 0 Å². The molecule has 6 nitrogen and oxygen atoms in total. The fourth-order valence-corrected chi connectivity index (χ4v) is 3.38. The Morgan fingerprint density at radius 2 is 1.88 bits per heavy atom. The van der Waals surface area contributed by atoms with Crippen molar-refractivity contribution in [3.63, 3.8) is 0 Å². The summed E-state index contributed by atoms with van der Waals surface area (Å²) in [6.07, 6.45) is 0. The monoisotopic (exact) mass is 417 g/mol. The number of methoxy groups -OCH3 is 2. The predicted octanol–water partition coefficient (Wildman–Crippen LogP) is 3.18. The number of carbonyl (C=O) groups is 1. The molecule has 0 heterocycles. The van der Waals surface area contributed by atoms with Crippen molar-refractivity contribution in [2.45, 2.75) is 4.90 Å². The number of rotatable bonds is 5. The van der Waals surface area contributed by atoms with E-state index in [4.69, 9.17) is 4.74 Å². The summed E-state index contributed by atoms with van der Waals surface area (Å²) < 4.78 is 50.9. The van der Waals surface area contributed by atoms with Crippen LogP contribution in [-0.4, -0.2) is 28.6 Å². The topological polar surface area (TPSA) is 81.7 Å². The molecule has 0 radical (unpaired) electrons. The van der Waals surface area contributed by atoms with Crippen LogP contribution < -0.4 is 9.46 Å². The Balaban J connectivity index is 2.40. The van der Waals surface area contributed by atoms with E-state index in [0.29, 0.717) is 4.47 Å². The number of hydrogen-bond donors (Lipinski definition) is 1. The normalized spacial score (nSPS) is 11.0. The summed E-state index contributed by atoms with van der Waals surface area (Å²) in [4.78, 5) is 11.0. The molecular formula is C15H13BrFNO5S. The van der Waals surface area contributed by atoms with Gasteiger partial charge in [0.1, 0.15) is 16.5 Å². The number of carbonyl (C=O) groups excluding carboxylic acids is 1. The zero-order chi connectivity index (χ0) is 17.9. The van der Waals surface area contributed by atoms with E-state index >= 15 is 0 Å². The zero-order valence-corrected chi connectivity index (χ0v) is 15.1. The highest BCUT2D eigenvalue weighted by Crippen LogP contribution is 2.29. The molecule has 0 aliphatic heterocycles. The Hall–Kier alpha value is -2.13. The lowest BCUT2D eigenvalue weighted by Crippen LogP contribution is -2.15. The molecule has 0 spiro atoms. The first kappa shape index (κ1) is 18.2. The summed E-state index contributed by atoms with van der Waals surface area (Å²) in [6, 6.07) is 7.61. The number of esters is 1. The van der Waals surface area contributed by atoms with E-state index in [2.05, 4.69) is 25.4 Å². The van der Waals surface area contributed by atoms with Crippen LogP contribution in [0.2, 0.25) is 0 Å². The lowest BCUT2D eigenvalue weighted by Gasteiger charge is -2.13. The molecule has 2 aromatic rings. The van der Waals surface area contributed by atoms with Crippen LogP contribution in [0.1, 0.15) is 10.4 Å². The van der Waals surface area contributed by atoms with E-state index in [0.717, 1.165) is 12.1 Å². The molecule has 0 aliphatic rings. The number of anilines is 1. The average Bonchev–Trinajstić information content (AvgIpc) is 2.53. The molecule has 0 fully saturated rings. The Kier molecular flexibility index (Phi) is 5.45. The smallest absolute Gasteiger partial charge is 0.337 e. The number of ether oxygens (including phenoxy) is 2. The summed E-state index contributed by atoms with van der Waals surface area (Å²) in [6.45, 7) is 0. The van der Waals surface area contributed by atoms with Gasteiger partial charge in [-0.2, -0.15) is 0 Å². The molecule has 128 valence electrons. The number of nitrogens with one attached hydrogen (secondary N) is 1. The summed E-state index contributed by atoms with van der Waals surface area (Å²) >= 11 is 3.06. The second kappa shape index (κ2) is 7.18. The van der Waals surface area contributed by atoms with Crippen molar-refractivity contribution >= 4 is 37.6 Å². The quantitative estimate of drug-likeness (QED) is 0.755. The summed E-state index contributed by atoms with van der Waals surface area (Å²) in [5, 5.41) is 0. The zero-order valence-electron chi connectivity index (χ0n) is 12.7. The van der Waals surface area contributed by atoms with Gasteiger partial charge in [-0.05, 0) is 36.4 Å². The van der Waals surface area contributed by atoms with Crippen LogP contribution in [0.5, 0.6) is 5.75 Å². The Morgan fingerprint density at radius 3 is 2.46 bits per heavy atom. The molecule has 24 heavy (non-hydrogen) atoms. The van der Waals surface area contributed by atoms with Gasteiger partial charge in [0.25, 0.3) is 10.0 Å². The van der Waals surface area contributed by atoms with E-state index in [1.54, 1.807) is 0 Å². The first-order chi connectivity index (χ1) is 11.3. The maximum atomic E-state index is 13.9. The van der Waals surface area contributed by atoms with Gasteiger partial charge in [0.15, 0.2) is 0 Å². The molecule has 0 saturated carbocycles. The van der Waals surface area contributed by atoms with Gasteiger partial charge >= 0.3 is 5.97 Å². The van der Waals surface area contributed by atoms with Gasteiger partial charge in [0, 0.05) is 4.47 Å². The van der Waals surface area contributed by atoms with E-state index in [1.807, 2.05) is 0 Å². The average molecular weight is 418 g/mol. The van der Waals surface area contributed by atoms with Gasteiger partial charge in [0.2, 0.25) is 0 Å². The standard InChI is InChI=1S/C15H13BrFNO5S/c1-22-13-7-9(15(19)23-2)3-5-12(13)18-24(20,21)14-6-4-10(16)8-11(14)17/h3-8,18H,1-2H3.